The van der Waals surface area contributed by atoms with Crippen LogP contribution in [0.4, 0.5) is 10.6 Å². The molecule has 0 unspecified atom stereocenters. The third kappa shape index (κ3) is 7.36. The summed E-state index contributed by atoms with van der Waals surface area (Å²) < 4.78 is 11.2. The molecule has 3 heterocycles. The molecule has 31 heavy (non-hydrogen) atoms. The molecule has 2 aliphatic rings. The third-order valence-corrected chi connectivity index (χ3v) is 5.37. The summed E-state index contributed by atoms with van der Waals surface area (Å²) in [5.41, 5.74) is 1.50. The van der Waals surface area contributed by atoms with Crippen LogP contribution in [0, 0.1) is 0 Å². The SMILES string of the molecule is CC(C)(C)OC(=O)N[C@@H](CCN1CC[C@@H](OCc2ccc3c(n2)NCCC3)C1)C(=O)O. The predicted octanol–water partition coefficient (Wildman–Crippen LogP) is 2.40. The number of amides is 1. The number of aryl methyl sites for hydroxylation is 1. The lowest BCUT2D eigenvalue weighted by atomic mass is 10.1. The van der Waals surface area contributed by atoms with Crippen LogP contribution in [0.1, 0.15) is 51.3 Å². The van der Waals surface area contributed by atoms with Crippen molar-refractivity contribution in [2.75, 3.05) is 31.5 Å². The van der Waals surface area contributed by atoms with E-state index in [0.29, 0.717) is 19.6 Å². The van der Waals surface area contributed by atoms with E-state index in [2.05, 4.69) is 26.6 Å². The average molecular weight is 435 g/mol. The number of ether oxygens (including phenoxy) is 2. The van der Waals surface area contributed by atoms with E-state index in [0.717, 1.165) is 50.4 Å². The molecule has 3 N–H and O–H groups in total. The fraction of sp³-hybridized carbons (Fsp3) is 0.682. The summed E-state index contributed by atoms with van der Waals surface area (Å²) in [7, 11) is 0. The molecule has 9 nitrogen and oxygen atoms in total. The van der Waals surface area contributed by atoms with E-state index in [1.54, 1.807) is 20.8 Å². The summed E-state index contributed by atoms with van der Waals surface area (Å²) in [5.74, 6) is -0.0949. The standard InChI is InChI=1S/C22H34N4O5/c1-22(2,3)31-21(29)25-18(20(27)28)9-12-26-11-8-17(13-26)30-14-16-7-6-15-5-4-10-23-19(15)24-16/h6-7,17-18H,4-5,8-14H2,1-3H3,(H,23,24)(H,25,29)(H,27,28)/t17-,18+/m1/s1. The van der Waals surface area contributed by atoms with Crippen molar-refractivity contribution in [3.8, 4) is 0 Å². The second-order valence-corrected chi connectivity index (χ2v) is 9.19. The first-order valence-electron chi connectivity index (χ1n) is 11.0. The zero-order chi connectivity index (χ0) is 22.4. The lowest BCUT2D eigenvalue weighted by Crippen LogP contribution is -2.45. The first-order chi connectivity index (χ1) is 14.7. The zero-order valence-corrected chi connectivity index (χ0v) is 18.6. The van der Waals surface area contributed by atoms with Gasteiger partial charge in [-0.05, 0) is 58.1 Å². The number of pyridine rings is 1. The molecule has 0 aromatic carbocycles. The number of hydrogen-bond acceptors (Lipinski definition) is 7. The van der Waals surface area contributed by atoms with Crippen molar-refractivity contribution < 1.29 is 24.2 Å². The summed E-state index contributed by atoms with van der Waals surface area (Å²) in [6.07, 6.45) is 2.77. The molecule has 0 aliphatic carbocycles. The molecule has 1 aromatic heterocycles. The van der Waals surface area contributed by atoms with Crippen molar-refractivity contribution in [1.29, 1.82) is 0 Å². The normalized spacial score (nSPS) is 19.9. The van der Waals surface area contributed by atoms with E-state index in [4.69, 9.17) is 9.47 Å². The second kappa shape index (κ2) is 10.3. The van der Waals surface area contributed by atoms with Gasteiger partial charge in [-0.1, -0.05) is 6.07 Å². The number of carboxylic acid groups (broad SMARTS) is 1. The van der Waals surface area contributed by atoms with Crippen LogP contribution in [-0.4, -0.2) is 71.0 Å². The number of rotatable bonds is 8. The number of hydrogen-bond donors (Lipinski definition) is 3. The number of nitrogens with zero attached hydrogens (tertiary/aromatic N) is 2. The first-order valence-corrected chi connectivity index (χ1v) is 11.0. The van der Waals surface area contributed by atoms with E-state index in [-0.39, 0.29) is 6.10 Å². The van der Waals surface area contributed by atoms with Gasteiger partial charge >= 0.3 is 12.1 Å². The second-order valence-electron chi connectivity index (χ2n) is 9.19. The van der Waals surface area contributed by atoms with Crippen LogP contribution >= 0.6 is 0 Å². The number of alkyl carbamates (subject to hydrolysis) is 1. The van der Waals surface area contributed by atoms with Gasteiger partial charge in [0.15, 0.2) is 0 Å². The average Bonchev–Trinajstić information content (AvgIpc) is 3.15. The highest BCUT2D eigenvalue weighted by atomic mass is 16.6. The van der Waals surface area contributed by atoms with Gasteiger partial charge in [-0.3, -0.25) is 0 Å². The molecule has 0 bridgehead atoms. The molecule has 9 heteroatoms. The Morgan fingerprint density at radius 3 is 2.94 bits per heavy atom. The molecule has 1 amide bonds. The molecular weight excluding hydrogens is 400 g/mol. The van der Waals surface area contributed by atoms with Gasteiger partial charge in [-0.2, -0.15) is 0 Å². The van der Waals surface area contributed by atoms with Gasteiger partial charge in [0.25, 0.3) is 0 Å². The third-order valence-electron chi connectivity index (χ3n) is 5.37. The molecule has 0 radical (unpaired) electrons. The Bertz CT molecular complexity index is 780. The topological polar surface area (TPSA) is 113 Å². The molecule has 3 rings (SSSR count). The Morgan fingerprint density at radius 2 is 2.19 bits per heavy atom. The van der Waals surface area contributed by atoms with Crippen molar-refractivity contribution in [2.24, 2.45) is 0 Å². The number of carbonyl (C=O) groups is 2. The molecule has 1 saturated heterocycles. The van der Waals surface area contributed by atoms with Crippen molar-refractivity contribution in [3.05, 3.63) is 23.4 Å². The number of aliphatic carboxylic acids is 1. The van der Waals surface area contributed by atoms with Crippen LogP contribution in [0.25, 0.3) is 0 Å². The summed E-state index contributed by atoms with van der Waals surface area (Å²) in [6, 6.07) is 3.16. The van der Waals surface area contributed by atoms with Gasteiger partial charge in [-0.25, -0.2) is 14.6 Å². The lowest BCUT2D eigenvalue weighted by molar-refractivity contribution is -0.139. The summed E-state index contributed by atoms with van der Waals surface area (Å²) >= 11 is 0. The van der Waals surface area contributed by atoms with Gasteiger partial charge in [-0.15, -0.1) is 0 Å². The molecule has 0 saturated carbocycles. The van der Waals surface area contributed by atoms with E-state index < -0.39 is 23.7 Å². The number of aromatic nitrogens is 1. The van der Waals surface area contributed by atoms with Crippen LogP contribution in [0.5, 0.6) is 0 Å². The van der Waals surface area contributed by atoms with E-state index in [1.165, 1.54) is 5.56 Å². The maximum absolute atomic E-state index is 11.9. The molecular formula is C22H34N4O5. The quantitative estimate of drug-likeness (QED) is 0.572. The highest BCUT2D eigenvalue weighted by Crippen LogP contribution is 2.21. The van der Waals surface area contributed by atoms with Crippen LogP contribution in [-0.2, 0) is 27.3 Å². The number of carbonyl (C=O) groups excluding carboxylic acids is 1. The van der Waals surface area contributed by atoms with Crippen LogP contribution in [0.3, 0.4) is 0 Å². The largest absolute Gasteiger partial charge is 0.480 e. The molecule has 1 aromatic rings. The fourth-order valence-electron chi connectivity index (χ4n) is 3.81. The maximum atomic E-state index is 11.9. The van der Waals surface area contributed by atoms with Crippen molar-refractivity contribution in [1.82, 2.24) is 15.2 Å². The van der Waals surface area contributed by atoms with Crippen molar-refractivity contribution >= 4 is 17.9 Å². The number of anilines is 1. The van der Waals surface area contributed by atoms with Crippen molar-refractivity contribution in [2.45, 2.75) is 70.8 Å². The number of fused-ring (bicyclic) bond motifs is 1. The van der Waals surface area contributed by atoms with E-state index in [1.807, 2.05) is 6.07 Å². The van der Waals surface area contributed by atoms with Crippen LogP contribution in [0.15, 0.2) is 12.1 Å². The maximum Gasteiger partial charge on any atom is 0.408 e. The molecule has 172 valence electrons. The lowest BCUT2D eigenvalue weighted by Gasteiger charge is -2.23. The highest BCUT2D eigenvalue weighted by Gasteiger charge is 2.27. The van der Waals surface area contributed by atoms with Crippen LogP contribution in [0.2, 0.25) is 0 Å². The van der Waals surface area contributed by atoms with Crippen LogP contribution < -0.4 is 10.6 Å². The minimum atomic E-state index is -1.06. The smallest absolute Gasteiger partial charge is 0.408 e. The van der Waals surface area contributed by atoms with Crippen molar-refractivity contribution in [3.63, 3.8) is 0 Å². The molecule has 2 atom stereocenters. The predicted molar refractivity (Wildman–Crippen MR) is 116 cm³/mol. The molecule has 2 aliphatic heterocycles. The summed E-state index contributed by atoms with van der Waals surface area (Å²) in [5, 5.41) is 15.2. The monoisotopic (exact) mass is 434 g/mol. The van der Waals surface area contributed by atoms with Gasteiger partial charge in [0.05, 0.1) is 18.4 Å². The Kier molecular flexibility index (Phi) is 7.72. The minimum Gasteiger partial charge on any atom is -0.480 e. The minimum absolute atomic E-state index is 0.0906. The Morgan fingerprint density at radius 1 is 1.39 bits per heavy atom. The number of nitrogens with one attached hydrogen (secondary N) is 2. The van der Waals surface area contributed by atoms with E-state index in [9.17, 15) is 14.7 Å². The molecule has 0 spiro atoms. The van der Waals surface area contributed by atoms with Gasteiger partial charge in [0, 0.05) is 26.2 Å². The summed E-state index contributed by atoms with van der Waals surface area (Å²) in [6.45, 7) is 8.78. The first kappa shape index (κ1) is 23.3. The van der Waals surface area contributed by atoms with Gasteiger partial charge in [0.2, 0.25) is 0 Å². The Labute approximate surface area is 183 Å². The Hall–Kier alpha value is -2.39. The van der Waals surface area contributed by atoms with Gasteiger partial charge < -0.3 is 30.1 Å². The van der Waals surface area contributed by atoms with Gasteiger partial charge in [0.1, 0.15) is 17.5 Å². The fourth-order valence-corrected chi connectivity index (χ4v) is 3.81. The molecule has 1 fully saturated rings. The summed E-state index contributed by atoms with van der Waals surface area (Å²) in [4.78, 5) is 30.2. The zero-order valence-electron chi connectivity index (χ0n) is 18.6. The highest BCUT2D eigenvalue weighted by molar-refractivity contribution is 5.80. The van der Waals surface area contributed by atoms with E-state index >= 15 is 0 Å². The number of likely N-dealkylation sites (tertiary alicyclic amines) is 1. The number of carboxylic acids is 1. The Balaban J connectivity index is 1.41.